The first-order chi connectivity index (χ1) is 9.10. The normalized spacial score (nSPS) is 9.68. The first-order valence-corrected chi connectivity index (χ1v) is 5.14. The van der Waals surface area contributed by atoms with Gasteiger partial charge in [0.05, 0.1) is 5.56 Å². The minimum absolute atomic E-state index is 0.0971. The lowest BCUT2D eigenvalue weighted by Crippen LogP contribution is -2.03. The Balaban J connectivity index is 2.22. The number of carboxylic acid groups (broad SMARTS) is 1. The van der Waals surface area contributed by atoms with Gasteiger partial charge in [-0.15, -0.1) is 10.2 Å². The fourth-order valence-electron chi connectivity index (χ4n) is 1.35. The van der Waals surface area contributed by atoms with Gasteiger partial charge in [0.1, 0.15) is 11.9 Å². The molecular formula is C12H7FN4O2. The highest BCUT2D eigenvalue weighted by Gasteiger charge is 2.06. The van der Waals surface area contributed by atoms with Crippen LogP contribution < -0.4 is 5.32 Å². The number of nitrogens with one attached hydrogen (secondary N) is 1. The van der Waals surface area contributed by atoms with Crippen LogP contribution in [0, 0.1) is 17.1 Å². The van der Waals surface area contributed by atoms with Crippen molar-refractivity contribution in [2.45, 2.75) is 0 Å². The van der Waals surface area contributed by atoms with Crippen LogP contribution in [0.1, 0.15) is 16.1 Å². The van der Waals surface area contributed by atoms with E-state index in [0.717, 1.165) is 6.07 Å². The van der Waals surface area contributed by atoms with Gasteiger partial charge in [-0.05, 0) is 30.3 Å². The van der Waals surface area contributed by atoms with Gasteiger partial charge in [0.15, 0.2) is 11.5 Å². The molecule has 1 aromatic carbocycles. The average Bonchev–Trinajstić information content (AvgIpc) is 2.41. The summed E-state index contributed by atoms with van der Waals surface area (Å²) in [6, 6.07) is 8.33. The number of benzene rings is 1. The van der Waals surface area contributed by atoms with Crippen LogP contribution in [-0.4, -0.2) is 21.3 Å². The molecule has 1 heterocycles. The molecule has 0 atom stereocenters. The van der Waals surface area contributed by atoms with Crippen molar-refractivity contribution < 1.29 is 14.3 Å². The van der Waals surface area contributed by atoms with E-state index in [1.807, 2.05) is 0 Å². The summed E-state index contributed by atoms with van der Waals surface area (Å²) in [6.45, 7) is 0. The Morgan fingerprint density at radius 2 is 2.11 bits per heavy atom. The van der Waals surface area contributed by atoms with E-state index in [2.05, 4.69) is 15.5 Å². The Bertz CT molecular complexity index is 664. The summed E-state index contributed by atoms with van der Waals surface area (Å²) in [4.78, 5) is 10.6. The third-order valence-electron chi connectivity index (χ3n) is 2.24. The van der Waals surface area contributed by atoms with E-state index in [-0.39, 0.29) is 11.3 Å². The average molecular weight is 258 g/mol. The zero-order valence-electron chi connectivity index (χ0n) is 9.46. The third kappa shape index (κ3) is 2.81. The predicted octanol–water partition coefficient (Wildman–Crippen LogP) is 1.93. The van der Waals surface area contributed by atoms with E-state index in [4.69, 9.17) is 10.4 Å². The number of halogens is 1. The first kappa shape index (κ1) is 12.4. The van der Waals surface area contributed by atoms with Crippen molar-refractivity contribution in [3.8, 4) is 6.07 Å². The molecule has 0 aliphatic heterocycles. The molecule has 7 heteroatoms. The largest absolute Gasteiger partial charge is 0.476 e. The zero-order valence-corrected chi connectivity index (χ0v) is 9.46. The Kier molecular flexibility index (Phi) is 3.34. The number of nitrogens with zero attached hydrogens (tertiary/aromatic N) is 3. The predicted molar refractivity (Wildman–Crippen MR) is 63.4 cm³/mol. The monoisotopic (exact) mass is 258 g/mol. The molecule has 0 amide bonds. The van der Waals surface area contributed by atoms with E-state index in [1.165, 1.54) is 24.3 Å². The zero-order chi connectivity index (χ0) is 13.8. The summed E-state index contributed by atoms with van der Waals surface area (Å²) >= 11 is 0. The van der Waals surface area contributed by atoms with Crippen LogP contribution in [0.25, 0.3) is 0 Å². The number of rotatable bonds is 3. The fourth-order valence-corrected chi connectivity index (χ4v) is 1.35. The molecule has 0 saturated heterocycles. The number of nitriles is 1. The second-order valence-corrected chi connectivity index (χ2v) is 3.54. The smallest absolute Gasteiger partial charge is 0.356 e. The summed E-state index contributed by atoms with van der Waals surface area (Å²) < 4.78 is 13.1. The lowest BCUT2D eigenvalue weighted by Gasteiger charge is -2.05. The van der Waals surface area contributed by atoms with E-state index in [9.17, 15) is 9.18 Å². The van der Waals surface area contributed by atoms with E-state index in [1.54, 1.807) is 6.07 Å². The van der Waals surface area contributed by atoms with Gasteiger partial charge in [-0.2, -0.15) is 5.26 Å². The van der Waals surface area contributed by atoms with Gasteiger partial charge in [0.2, 0.25) is 0 Å². The van der Waals surface area contributed by atoms with Crippen LogP contribution in [-0.2, 0) is 0 Å². The van der Waals surface area contributed by atoms with Crippen molar-refractivity contribution in [1.82, 2.24) is 10.2 Å². The number of aromatic nitrogens is 2. The molecule has 6 nitrogen and oxygen atoms in total. The summed E-state index contributed by atoms with van der Waals surface area (Å²) in [5.41, 5.74) is 0.179. The molecule has 2 N–H and O–H groups in total. The third-order valence-corrected chi connectivity index (χ3v) is 2.24. The van der Waals surface area contributed by atoms with Crippen molar-refractivity contribution in [2.24, 2.45) is 0 Å². The number of carboxylic acids is 1. The molecule has 19 heavy (non-hydrogen) atoms. The summed E-state index contributed by atoms with van der Waals surface area (Å²) in [6.07, 6.45) is 0. The van der Waals surface area contributed by atoms with Gasteiger partial charge in [-0.1, -0.05) is 0 Å². The van der Waals surface area contributed by atoms with Gasteiger partial charge >= 0.3 is 5.97 Å². The van der Waals surface area contributed by atoms with Crippen LogP contribution in [0.4, 0.5) is 15.9 Å². The lowest BCUT2D eigenvalue weighted by atomic mass is 10.2. The molecule has 0 aliphatic carbocycles. The number of hydrogen-bond acceptors (Lipinski definition) is 5. The number of carbonyl (C=O) groups is 1. The van der Waals surface area contributed by atoms with Crippen molar-refractivity contribution in [3.05, 3.63) is 47.4 Å². The number of aromatic carboxylic acids is 1. The molecule has 0 aliphatic rings. The van der Waals surface area contributed by atoms with Crippen LogP contribution in [0.3, 0.4) is 0 Å². The SMILES string of the molecule is N#Cc1cc(Nc2ccc(C(=O)O)nn2)ccc1F. The standard InChI is InChI=1S/C12H7FN4O2/c13-9-2-1-8(5-7(9)6-14)15-11-4-3-10(12(18)19)16-17-11/h1-5H,(H,15,17)(H,18,19). The van der Waals surface area contributed by atoms with Crippen molar-refractivity contribution in [2.75, 3.05) is 5.32 Å². The molecule has 0 spiro atoms. The molecule has 0 radical (unpaired) electrons. The molecular weight excluding hydrogens is 251 g/mol. The number of anilines is 2. The Hall–Kier alpha value is -3.01. The molecule has 2 rings (SSSR count). The Morgan fingerprint density at radius 1 is 1.32 bits per heavy atom. The van der Waals surface area contributed by atoms with E-state index in [0.29, 0.717) is 11.5 Å². The highest BCUT2D eigenvalue weighted by Crippen LogP contribution is 2.17. The van der Waals surface area contributed by atoms with Gasteiger partial charge < -0.3 is 10.4 Å². The van der Waals surface area contributed by atoms with E-state index < -0.39 is 11.8 Å². The maximum absolute atomic E-state index is 13.1. The Morgan fingerprint density at radius 3 is 2.68 bits per heavy atom. The quantitative estimate of drug-likeness (QED) is 0.872. The van der Waals surface area contributed by atoms with Gasteiger partial charge in [-0.25, -0.2) is 9.18 Å². The summed E-state index contributed by atoms with van der Waals surface area (Å²) in [5.74, 6) is -1.49. The van der Waals surface area contributed by atoms with Crippen LogP contribution >= 0.6 is 0 Å². The minimum atomic E-state index is -1.17. The van der Waals surface area contributed by atoms with Crippen molar-refractivity contribution >= 4 is 17.5 Å². The molecule has 0 bridgehead atoms. The second-order valence-electron chi connectivity index (χ2n) is 3.54. The molecule has 1 aromatic heterocycles. The summed E-state index contributed by atoms with van der Waals surface area (Å²) in [7, 11) is 0. The minimum Gasteiger partial charge on any atom is -0.476 e. The highest BCUT2D eigenvalue weighted by atomic mass is 19.1. The molecule has 0 saturated carbocycles. The fraction of sp³-hybridized carbons (Fsp3) is 0. The molecule has 94 valence electrons. The van der Waals surface area contributed by atoms with Gasteiger partial charge in [0, 0.05) is 5.69 Å². The van der Waals surface area contributed by atoms with Crippen molar-refractivity contribution in [1.29, 1.82) is 5.26 Å². The first-order valence-electron chi connectivity index (χ1n) is 5.14. The van der Waals surface area contributed by atoms with Crippen LogP contribution in [0.5, 0.6) is 0 Å². The van der Waals surface area contributed by atoms with Crippen LogP contribution in [0.15, 0.2) is 30.3 Å². The number of hydrogen-bond donors (Lipinski definition) is 2. The molecule has 2 aromatic rings. The molecule has 0 unspecified atom stereocenters. The maximum Gasteiger partial charge on any atom is 0.356 e. The highest BCUT2D eigenvalue weighted by molar-refractivity contribution is 5.85. The van der Waals surface area contributed by atoms with Crippen LogP contribution in [0.2, 0.25) is 0 Å². The summed E-state index contributed by atoms with van der Waals surface area (Å²) in [5, 5.41) is 27.3. The lowest BCUT2D eigenvalue weighted by molar-refractivity contribution is 0.0689. The molecule has 0 fully saturated rings. The topological polar surface area (TPSA) is 98.9 Å². The van der Waals surface area contributed by atoms with Gasteiger partial charge in [-0.3, -0.25) is 0 Å². The van der Waals surface area contributed by atoms with Crippen molar-refractivity contribution in [3.63, 3.8) is 0 Å². The van der Waals surface area contributed by atoms with Gasteiger partial charge in [0.25, 0.3) is 0 Å². The Labute approximate surface area is 107 Å². The second kappa shape index (κ2) is 5.10. The maximum atomic E-state index is 13.1. The van der Waals surface area contributed by atoms with E-state index >= 15 is 0 Å².